The maximum atomic E-state index is 13.3. The Hall–Kier alpha value is -2.90. The fourth-order valence-corrected chi connectivity index (χ4v) is 5.26. The molecule has 0 radical (unpaired) electrons. The molecule has 2 aliphatic rings. The number of aliphatic hydroxyl groups is 2. The molecule has 13 heteroatoms. The number of anilines is 1. The predicted octanol–water partition coefficient (Wildman–Crippen LogP) is 3.37. The fraction of sp³-hybridized carbons (Fsp3) is 0.450. The van der Waals surface area contributed by atoms with Crippen molar-refractivity contribution in [3.63, 3.8) is 0 Å². The lowest BCUT2D eigenvalue weighted by Crippen LogP contribution is -2.62. The van der Waals surface area contributed by atoms with Gasteiger partial charge in [-0.25, -0.2) is 9.78 Å². The van der Waals surface area contributed by atoms with Crippen molar-refractivity contribution in [1.29, 1.82) is 0 Å². The van der Waals surface area contributed by atoms with Crippen LogP contribution in [0.2, 0.25) is 0 Å². The van der Waals surface area contributed by atoms with Crippen LogP contribution in [0.15, 0.2) is 28.1 Å². The van der Waals surface area contributed by atoms with E-state index >= 15 is 0 Å². The van der Waals surface area contributed by atoms with Gasteiger partial charge >= 0.3 is 12.3 Å². The second kappa shape index (κ2) is 7.57. The average Bonchev–Trinajstić information content (AvgIpc) is 3.41. The third kappa shape index (κ3) is 3.60. The Labute approximate surface area is 188 Å². The zero-order valence-electron chi connectivity index (χ0n) is 17.0. The van der Waals surface area contributed by atoms with E-state index in [1.807, 2.05) is 0 Å². The molecule has 2 aromatic heterocycles. The van der Waals surface area contributed by atoms with Gasteiger partial charge in [-0.3, -0.25) is 4.90 Å². The average molecular weight is 484 g/mol. The van der Waals surface area contributed by atoms with Gasteiger partial charge in [-0.05, 0) is 31.4 Å². The van der Waals surface area contributed by atoms with E-state index in [0.717, 1.165) is 29.9 Å². The molecule has 1 amide bonds. The van der Waals surface area contributed by atoms with Crippen LogP contribution in [0.5, 0.6) is 0 Å². The second-order valence-electron chi connectivity index (χ2n) is 8.21. The number of carbonyl (C=O) groups is 1. The summed E-state index contributed by atoms with van der Waals surface area (Å²) in [6, 6.07) is 1.57. The van der Waals surface area contributed by atoms with Crippen molar-refractivity contribution in [3.05, 3.63) is 29.3 Å². The number of rotatable bonds is 3. The van der Waals surface area contributed by atoms with E-state index in [1.165, 1.54) is 11.1 Å². The number of thiazole rings is 1. The Morgan fingerprint density at radius 2 is 1.88 bits per heavy atom. The number of hydrogen-bond acceptors (Lipinski definition) is 8. The number of aromatic nitrogens is 2. The summed E-state index contributed by atoms with van der Waals surface area (Å²) in [5.41, 5.74) is -0.486. The summed E-state index contributed by atoms with van der Waals surface area (Å²) in [5, 5.41) is 31.2. The number of hydrogen-bond donors (Lipinski definition) is 3. The summed E-state index contributed by atoms with van der Waals surface area (Å²) < 4.78 is 45.9. The Morgan fingerprint density at radius 3 is 2.45 bits per heavy atom. The highest BCUT2D eigenvalue weighted by Gasteiger charge is 2.54. The van der Waals surface area contributed by atoms with Crippen LogP contribution in [0.4, 0.5) is 24.0 Å². The molecule has 2 fully saturated rings. The van der Waals surface area contributed by atoms with Crippen molar-refractivity contribution in [2.75, 3.05) is 18.0 Å². The van der Waals surface area contributed by atoms with Gasteiger partial charge in [0.25, 0.3) is 11.8 Å². The smallest absolute Gasteiger partial charge is 0.447 e. The first-order valence-corrected chi connectivity index (χ1v) is 11.1. The largest absolute Gasteiger partial charge is 0.465 e. The van der Waals surface area contributed by atoms with E-state index < -0.39 is 23.6 Å². The van der Waals surface area contributed by atoms with Crippen LogP contribution in [-0.2, 0) is 5.79 Å². The SMILES string of the molecule is O=C(O)N1C2CCCC1CN(c1nc3cc(C(O)(O)C(F)(F)F)cc(-c4nccs4)c3o1)C2. The van der Waals surface area contributed by atoms with Gasteiger partial charge in [-0.2, -0.15) is 18.2 Å². The summed E-state index contributed by atoms with van der Waals surface area (Å²) in [6.45, 7) is 0.670. The molecular weight excluding hydrogens is 465 g/mol. The minimum absolute atomic E-state index is 0.00949. The van der Waals surface area contributed by atoms with E-state index in [9.17, 15) is 33.3 Å². The number of halogens is 3. The van der Waals surface area contributed by atoms with Crippen LogP contribution in [0.1, 0.15) is 24.8 Å². The first-order valence-electron chi connectivity index (χ1n) is 10.2. The van der Waals surface area contributed by atoms with Gasteiger partial charge in [0.1, 0.15) is 10.5 Å². The minimum atomic E-state index is -5.34. The van der Waals surface area contributed by atoms with Crippen LogP contribution in [-0.4, -0.2) is 67.6 Å². The first kappa shape index (κ1) is 21.9. The molecule has 2 atom stereocenters. The summed E-state index contributed by atoms with van der Waals surface area (Å²) in [7, 11) is 0. The molecular formula is C20H19F3N4O5S. The van der Waals surface area contributed by atoms with Gasteiger partial charge in [0, 0.05) is 30.2 Å². The number of benzene rings is 1. The van der Waals surface area contributed by atoms with Crippen molar-refractivity contribution in [2.45, 2.75) is 43.3 Å². The zero-order valence-corrected chi connectivity index (χ0v) is 17.8. The third-order valence-electron chi connectivity index (χ3n) is 6.15. The van der Waals surface area contributed by atoms with Gasteiger partial charge in [-0.1, -0.05) is 0 Å². The highest BCUT2D eigenvalue weighted by atomic mass is 32.1. The van der Waals surface area contributed by atoms with Gasteiger partial charge in [0.2, 0.25) is 0 Å². The molecule has 2 aliphatic heterocycles. The van der Waals surface area contributed by atoms with Gasteiger partial charge in [0.05, 0.1) is 17.6 Å². The van der Waals surface area contributed by atoms with Gasteiger partial charge < -0.3 is 24.6 Å². The van der Waals surface area contributed by atoms with Crippen LogP contribution in [0.3, 0.4) is 0 Å². The normalized spacial score (nSPS) is 21.6. The Bertz CT molecular complexity index is 1180. The Balaban J connectivity index is 1.59. The number of fused-ring (bicyclic) bond motifs is 3. The fourth-order valence-electron chi connectivity index (χ4n) is 4.61. The zero-order chi connectivity index (χ0) is 23.5. The molecule has 33 heavy (non-hydrogen) atoms. The van der Waals surface area contributed by atoms with Crippen molar-refractivity contribution in [2.24, 2.45) is 0 Å². The van der Waals surface area contributed by atoms with Crippen LogP contribution >= 0.6 is 11.3 Å². The second-order valence-corrected chi connectivity index (χ2v) is 9.10. The number of piperidine rings is 1. The number of carboxylic acid groups (broad SMARTS) is 1. The first-order chi connectivity index (χ1) is 15.6. The molecule has 0 aliphatic carbocycles. The summed E-state index contributed by atoms with van der Waals surface area (Å²) in [6.07, 6.45) is -2.56. The van der Waals surface area contributed by atoms with E-state index in [2.05, 4.69) is 9.97 Å². The number of amides is 1. The maximum Gasteiger partial charge on any atom is 0.447 e. The lowest BCUT2D eigenvalue weighted by molar-refractivity contribution is -0.358. The molecule has 2 saturated heterocycles. The van der Waals surface area contributed by atoms with Gasteiger partial charge in [0.15, 0.2) is 5.58 Å². The Kier molecular flexibility index (Phi) is 5.03. The molecule has 5 rings (SSSR count). The topological polar surface area (TPSA) is 123 Å². The van der Waals surface area contributed by atoms with Crippen LogP contribution in [0.25, 0.3) is 21.7 Å². The van der Waals surface area contributed by atoms with Crippen molar-refractivity contribution in [1.82, 2.24) is 14.9 Å². The maximum absolute atomic E-state index is 13.3. The van der Waals surface area contributed by atoms with E-state index in [-0.39, 0.29) is 34.8 Å². The number of oxazole rings is 1. The predicted molar refractivity (Wildman–Crippen MR) is 111 cm³/mol. The van der Waals surface area contributed by atoms with Gasteiger partial charge in [-0.15, -0.1) is 11.3 Å². The molecule has 2 unspecified atom stereocenters. The number of nitrogens with zero attached hydrogens (tertiary/aromatic N) is 4. The van der Waals surface area contributed by atoms with Crippen molar-refractivity contribution in [3.8, 4) is 10.6 Å². The lowest BCUT2D eigenvalue weighted by atomic mass is 9.92. The molecule has 1 aromatic carbocycles. The van der Waals surface area contributed by atoms with Crippen molar-refractivity contribution >= 4 is 34.5 Å². The monoisotopic (exact) mass is 484 g/mol. The highest BCUT2D eigenvalue weighted by Crippen LogP contribution is 2.42. The molecule has 0 spiro atoms. The quantitative estimate of drug-likeness (QED) is 0.484. The van der Waals surface area contributed by atoms with Crippen LogP contribution < -0.4 is 4.90 Å². The number of alkyl halides is 3. The standard InChI is InChI=1S/C20H19F3N4O5S/c21-20(22,23)19(30,31)10-6-13(16-24-4-5-33-16)15-14(7-10)25-17(32-15)26-8-11-2-1-3-12(9-26)27(11)18(28)29/h4-7,11-12,30-31H,1-3,8-9H2,(H,28,29). The highest BCUT2D eigenvalue weighted by molar-refractivity contribution is 7.13. The molecule has 176 valence electrons. The summed E-state index contributed by atoms with van der Waals surface area (Å²) in [4.78, 5) is 23.4. The molecule has 3 aromatic rings. The lowest BCUT2D eigenvalue weighted by Gasteiger charge is -2.48. The van der Waals surface area contributed by atoms with E-state index in [0.29, 0.717) is 30.9 Å². The molecule has 0 saturated carbocycles. The molecule has 3 N–H and O–H groups in total. The van der Waals surface area contributed by atoms with Crippen molar-refractivity contribution < 1.29 is 37.7 Å². The van der Waals surface area contributed by atoms with E-state index in [1.54, 1.807) is 10.3 Å². The molecule has 9 nitrogen and oxygen atoms in total. The Morgan fingerprint density at radius 1 is 1.18 bits per heavy atom. The van der Waals surface area contributed by atoms with E-state index in [4.69, 9.17) is 4.42 Å². The minimum Gasteiger partial charge on any atom is -0.465 e. The molecule has 2 bridgehead atoms. The molecule has 4 heterocycles. The number of piperazine rings is 1. The van der Waals surface area contributed by atoms with Crippen LogP contribution in [0, 0.1) is 0 Å². The summed E-state index contributed by atoms with van der Waals surface area (Å²) in [5.74, 6) is -4.09. The third-order valence-corrected chi connectivity index (χ3v) is 6.96. The summed E-state index contributed by atoms with van der Waals surface area (Å²) >= 11 is 1.15.